The third-order valence-electron chi connectivity index (χ3n) is 4.75. The van der Waals surface area contributed by atoms with Crippen molar-refractivity contribution in [3.63, 3.8) is 0 Å². The summed E-state index contributed by atoms with van der Waals surface area (Å²) in [4.78, 5) is 19.3. The van der Waals surface area contributed by atoms with Gasteiger partial charge in [-0.05, 0) is 24.3 Å². The summed E-state index contributed by atoms with van der Waals surface area (Å²) in [6.07, 6.45) is 8.16. The van der Waals surface area contributed by atoms with Gasteiger partial charge in [-0.15, -0.1) is 0 Å². The van der Waals surface area contributed by atoms with E-state index in [0.29, 0.717) is 17.2 Å². The van der Waals surface area contributed by atoms with Gasteiger partial charge < -0.3 is 9.74 Å². The molecule has 128 valence electrons. The number of likely N-dealkylation sites (tertiary alicyclic amines) is 1. The van der Waals surface area contributed by atoms with E-state index in [9.17, 15) is 4.79 Å². The zero-order chi connectivity index (χ0) is 16.9. The van der Waals surface area contributed by atoms with Crippen molar-refractivity contribution >= 4 is 11.7 Å². The van der Waals surface area contributed by atoms with Crippen molar-refractivity contribution in [3.05, 3.63) is 47.2 Å². The van der Waals surface area contributed by atoms with Gasteiger partial charge >= 0.3 is 5.97 Å². The van der Waals surface area contributed by atoms with Crippen LogP contribution >= 0.6 is 0 Å². The second-order valence-corrected chi connectivity index (χ2v) is 6.94. The Morgan fingerprint density at radius 1 is 1.04 bits per heavy atom. The Labute approximate surface area is 144 Å². The van der Waals surface area contributed by atoms with Crippen molar-refractivity contribution in [1.29, 1.82) is 0 Å². The van der Waals surface area contributed by atoms with E-state index in [1.54, 1.807) is 0 Å². The molecule has 1 saturated heterocycles. The minimum atomic E-state index is -0.347. The average Bonchev–Trinajstić information content (AvgIpc) is 2.91. The molecule has 1 fully saturated rings. The average molecular weight is 326 g/mol. The van der Waals surface area contributed by atoms with E-state index in [4.69, 9.17) is 4.84 Å². The SMILES string of the molecule is CC(C)c1ccc(C2=NOC(=O)C2=CN2CCCCCCC2)cc1. The number of rotatable bonds is 3. The Morgan fingerprint density at radius 2 is 1.67 bits per heavy atom. The molecule has 2 aliphatic heterocycles. The van der Waals surface area contributed by atoms with Gasteiger partial charge in [0.05, 0.1) is 0 Å². The lowest BCUT2D eigenvalue weighted by atomic mass is 9.98. The van der Waals surface area contributed by atoms with Crippen LogP contribution in [0.15, 0.2) is 41.2 Å². The van der Waals surface area contributed by atoms with Crippen LogP contribution in [-0.2, 0) is 9.63 Å². The minimum absolute atomic E-state index is 0.347. The van der Waals surface area contributed by atoms with Gasteiger partial charge in [-0.25, -0.2) is 4.79 Å². The van der Waals surface area contributed by atoms with Gasteiger partial charge in [0.2, 0.25) is 0 Å². The van der Waals surface area contributed by atoms with Gasteiger partial charge in [0.25, 0.3) is 0 Å². The molecule has 1 aromatic carbocycles. The largest absolute Gasteiger partial charge is 0.377 e. The van der Waals surface area contributed by atoms with Crippen molar-refractivity contribution in [1.82, 2.24) is 4.90 Å². The van der Waals surface area contributed by atoms with Crippen LogP contribution in [0, 0.1) is 0 Å². The van der Waals surface area contributed by atoms with Crippen LogP contribution in [0.25, 0.3) is 0 Å². The normalized spacial score (nSPS) is 20.8. The molecule has 4 nitrogen and oxygen atoms in total. The van der Waals surface area contributed by atoms with Crippen LogP contribution in [-0.4, -0.2) is 29.7 Å². The molecule has 0 bridgehead atoms. The number of hydrogen-bond donors (Lipinski definition) is 0. The van der Waals surface area contributed by atoms with Gasteiger partial charge in [-0.2, -0.15) is 0 Å². The second kappa shape index (κ2) is 7.65. The maximum atomic E-state index is 12.1. The van der Waals surface area contributed by atoms with Gasteiger partial charge in [-0.1, -0.05) is 62.5 Å². The molecule has 0 unspecified atom stereocenters. The Balaban J connectivity index is 1.81. The summed E-state index contributed by atoms with van der Waals surface area (Å²) >= 11 is 0. The predicted octanol–water partition coefficient (Wildman–Crippen LogP) is 4.22. The third-order valence-corrected chi connectivity index (χ3v) is 4.75. The van der Waals surface area contributed by atoms with Gasteiger partial charge in [-0.3, -0.25) is 0 Å². The van der Waals surface area contributed by atoms with Crippen LogP contribution in [0.3, 0.4) is 0 Å². The molecule has 0 atom stereocenters. The summed E-state index contributed by atoms with van der Waals surface area (Å²) < 4.78 is 0. The Hall–Kier alpha value is -2.10. The van der Waals surface area contributed by atoms with E-state index >= 15 is 0 Å². The summed E-state index contributed by atoms with van der Waals surface area (Å²) in [5.41, 5.74) is 3.44. The first-order valence-electron chi connectivity index (χ1n) is 9.01. The molecule has 0 aliphatic carbocycles. The summed E-state index contributed by atoms with van der Waals surface area (Å²) in [5.74, 6) is 0.137. The van der Waals surface area contributed by atoms with Crippen molar-refractivity contribution in [2.75, 3.05) is 13.1 Å². The molecule has 2 aliphatic rings. The minimum Gasteiger partial charge on any atom is -0.377 e. The van der Waals surface area contributed by atoms with Crippen LogP contribution in [0.4, 0.5) is 0 Å². The Bertz CT molecular complexity index is 636. The zero-order valence-corrected chi connectivity index (χ0v) is 14.6. The highest BCUT2D eigenvalue weighted by Gasteiger charge is 2.27. The first-order valence-corrected chi connectivity index (χ1v) is 9.01. The van der Waals surface area contributed by atoms with Gasteiger partial charge in [0.1, 0.15) is 11.3 Å². The lowest BCUT2D eigenvalue weighted by Crippen LogP contribution is -2.24. The summed E-state index contributed by atoms with van der Waals surface area (Å²) in [6, 6.07) is 8.24. The fraction of sp³-hybridized carbons (Fsp3) is 0.500. The molecule has 3 rings (SSSR count). The van der Waals surface area contributed by atoms with Crippen molar-refractivity contribution in [2.24, 2.45) is 5.16 Å². The lowest BCUT2D eigenvalue weighted by Gasteiger charge is -2.23. The first kappa shape index (κ1) is 16.7. The summed E-state index contributed by atoms with van der Waals surface area (Å²) in [5, 5.41) is 4.02. The first-order chi connectivity index (χ1) is 11.6. The molecule has 0 radical (unpaired) electrons. The van der Waals surface area contributed by atoms with Crippen molar-refractivity contribution in [2.45, 2.75) is 51.9 Å². The van der Waals surface area contributed by atoms with Gasteiger partial charge in [0, 0.05) is 24.9 Å². The molecule has 1 aromatic rings. The number of benzene rings is 1. The van der Waals surface area contributed by atoms with E-state index in [2.05, 4.69) is 36.0 Å². The molecule has 0 amide bonds. The Morgan fingerprint density at radius 3 is 2.29 bits per heavy atom. The molecule has 24 heavy (non-hydrogen) atoms. The van der Waals surface area contributed by atoms with E-state index in [0.717, 1.165) is 18.7 Å². The summed E-state index contributed by atoms with van der Waals surface area (Å²) in [7, 11) is 0. The number of carbonyl (C=O) groups excluding carboxylic acids is 1. The fourth-order valence-electron chi connectivity index (χ4n) is 3.21. The maximum absolute atomic E-state index is 12.1. The van der Waals surface area contributed by atoms with E-state index in [1.165, 1.54) is 37.7 Å². The number of hydrogen-bond acceptors (Lipinski definition) is 4. The standard InChI is InChI=1S/C20H26N2O2/c1-15(2)16-8-10-17(11-9-16)19-18(20(23)24-21-19)14-22-12-6-4-3-5-7-13-22/h8-11,14-15H,3-7,12-13H2,1-2H3. The van der Waals surface area contributed by atoms with Crippen LogP contribution in [0.2, 0.25) is 0 Å². The monoisotopic (exact) mass is 326 g/mol. The Kier molecular flexibility index (Phi) is 5.34. The number of carbonyl (C=O) groups is 1. The van der Waals surface area contributed by atoms with Crippen LogP contribution in [0.1, 0.15) is 63.0 Å². The van der Waals surface area contributed by atoms with Crippen LogP contribution < -0.4 is 0 Å². The second-order valence-electron chi connectivity index (χ2n) is 6.94. The molecule has 0 aromatic heterocycles. The topological polar surface area (TPSA) is 41.9 Å². The van der Waals surface area contributed by atoms with E-state index in [-0.39, 0.29) is 5.97 Å². The highest BCUT2D eigenvalue weighted by atomic mass is 16.7. The van der Waals surface area contributed by atoms with Crippen molar-refractivity contribution in [3.8, 4) is 0 Å². The lowest BCUT2D eigenvalue weighted by molar-refractivity contribution is -0.136. The van der Waals surface area contributed by atoms with Crippen LogP contribution in [0.5, 0.6) is 0 Å². The van der Waals surface area contributed by atoms with E-state index in [1.807, 2.05) is 18.3 Å². The predicted molar refractivity (Wildman–Crippen MR) is 95.9 cm³/mol. The number of nitrogens with zero attached hydrogens (tertiary/aromatic N) is 2. The van der Waals surface area contributed by atoms with Gasteiger partial charge in [0.15, 0.2) is 0 Å². The van der Waals surface area contributed by atoms with Crippen molar-refractivity contribution < 1.29 is 9.63 Å². The molecular weight excluding hydrogens is 300 g/mol. The third kappa shape index (κ3) is 3.86. The molecule has 0 N–H and O–H groups in total. The molecule has 0 spiro atoms. The smallest absolute Gasteiger partial charge is 0.369 e. The molecule has 4 heteroatoms. The summed E-state index contributed by atoms with van der Waals surface area (Å²) in [6.45, 7) is 6.33. The fourth-order valence-corrected chi connectivity index (χ4v) is 3.21. The molecule has 2 heterocycles. The number of oxime groups is 1. The molecule has 0 saturated carbocycles. The quantitative estimate of drug-likeness (QED) is 0.617. The maximum Gasteiger partial charge on any atom is 0.369 e. The van der Waals surface area contributed by atoms with E-state index < -0.39 is 0 Å². The highest BCUT2D eigenvalue weighted by Crippen LogP contribution is 2.22. The zero-order valence-electron chi connectivity index (χ0n) is 14.6. The molecular formula is C20H26N2O2. The highest BCUT2D eigenvalue weighted by molar-refractivity contribution is 6.28.